The Labute approximate surface area is 104 Å². The van der Waals surface area contributed by atoms with Gasteiger partial charge in [0.2, 0.25) is 0 Å². The van der Waals surface area contributed by atoms with Crippen molar-refractivity contribution in [2.45, 2.75) is 13.0 Å². The second kappa shape index (κ2) is 4.91. The Bertz CT molecular complexity index is 600. The van der Waals surface area contributed by atoms with Crippen molar-refractivity contribution < 1.29 is 19.4 Å². The second-order valence-corrected chi connectivity index (χ2v) is 3.92. The van der Waals surface area contributed by atoms with Crippen molar-refractivity contribution in [2.24, 2.45) is 0 Å². The van der Waals surface area contributed by atoms with Gasteiger partial charge in [-0.1, -0.05) is 0 Å². The molecule has 0 saturated carbocycles. The van der Waals surface area contributed by atoms with Crippen LogP contribution in [0.3, 0.4) is 0 Å². The van der Waals surface area contributed by atoms with Gasteiger partial charge in [-0.2, -0.15) is 0 Å². The molecule has 2 rings (SSSR count). The monoisotopic (exact) mass is 247 g/mol. The van der Waals surface area contributed by atoms with Crippen LogP contribution in [0.25, 0.3) is 10.9 Å². The first-order valence-corrected chi connectivity index (χ1v) is 5.51. The molecule has 0 aliphatic heterocycles. The van der Waals surface area contributed by atoms with Crippen LogP contribution in [0.15, 0.2) is 30.5 Å². The van der Waals surface area contributed by atoms with Crippen LogP contribution < -0.4 is 0 Å². The zero-order valence-electron chi connectivity index (χ0n) is 9.92. The molecule has 0 radical (unpaired) electrons. The van der Waals surface area contributed by atoms with Crippen molar-refractivity contribution in [1.29, 1.82) is 0 Å². The number of aryl methyl sites for hydroxylation is 1. The van der Waals surface area contributed by atoms with Gasteiger partial charge in [-0.3, -0.25) is 4.79 Å². The maximum atomic E-state index is 11.4. The SMILES string of the molecule is COC(=O)c1ccc2c(ccn2CCC(=O)O)c1. The lowest BCUT2D eigenvalue weighted by Gasteiger charge is -2.04. The molecule has 0 bridgehead atoms. The van der Waals surface area contributed by atoms with Crippen LogP contribution in [-0.2, 0) is 16.1 Å². The van der Waals surface area contributed by atoms with Crippen LogP contribution in [-0.4, -0.2) is 28.7 Å². The Balaban J connectivity index is 2.31. The second-order valence-electron chi connectivity index (χ2n) is 3.92. The fourth-order valence-electron chi connectivity index (χ4n) is 1.86. The fraction of sp³-hybridized carbons (Fsp3) is 0.231. The minimum absolute atomic E-state index is 0.0720. The van der Waals surface area contributed by atoms with Gasteiger partial charge in [0.1, 0.15) is 0 Å². The Kier molecular flexibility index (Phi) is 3.32. The summed E-state index contributed by atoms with van der Waals surface area (Å²) in [6.45, 7) is 0.413. The molecule has 5 heteroatoms. The highest BCUT2D eigenvalue weighted by Gasteiger charge is 2.08. The number of hydrogen-bond donors (Lipinski definition) is 1. The molecular weight excluding hydrogens is 234 g/mol. The number of benzene rings is 1. The number of ether oxygens (including phenoxy) is 1. The van der Waals surface area contributed by atoms with Crippen LogP contribution in [0.2, 0.25) is 0 Å². The Hall–Kier alpha value is -2.30. The minimum Gasteiger partial charge on any atom is -0.481 e. The van der Waals surface area contributed by atoms with Crippen LogP contribution >= 0.6 is 0 Å². The lowest BCUT2D eigenvalue weighted by molar-refractivity contribution is -0.137. The minimum atomic E-state index is -0.831. The highest BCUT2D eigenvalue weighted by Crippen LogP contribution is 2.18. The summed E-state index contributed by atoms with van der Waals surface area (Å²) in [6.07, 6.45) is 1.89. The summed E-state index contributed by atoms with van der Waals surface area (Å²) in [4.78, 5) is 21.9. The van der Waals surface area contributed by atoms with E-state index in [1.807, 2.05) is 16.8 Å². The number of aliphatic carboxylic acids is 1. The highest BCUT2D eigenvalue weighted by molar-refractivity contribution is 5.94. The molecule has 1 aromatic carbocycles. The zero-order valence-corrected chi connectivity index (χ0v) is 9.92. The van der Waals surface area contributed by atoms with Gasteiger partial charge >= 0.3 is 11.9 Å². The summed E-state index contributed by atoms with van der Waals surface area (Å²) in [5, 5.41) is 9.55. The van der Waals surface area contributed by atoms with Crippen LogP contribution in [0.4, 0.5) is 0 Å². The first kappa shape index (κ1) is 12.2. The van der Waals surface area contributed by atoms with Gasteiger partial charge < -0.3 is 14.4 Å². The van der Waals surface area contributed by atoms with Gasteiger partial charge in [0.15, 0.2) is 0 Å². The third-order valence-electron chi connectivity index (χ3n) is 2.76. The Morgan fingerprint density at radius 1 is 1.33 bits per heavy atom. The average Bonchev–Trinajstić information content (AvgIpc) is 2.77. The zero-order chi connectivity index (χ0) is 13.1. The molecule has 18 heavy (non-hydrogen) atoms. The van der Waals surface area contributed by atoms with E-state index in [-0.39, 0.29) is 12.4 Å². The molecule has 0 aliphatic carbocycles. The number of carboxylic acid groups (broad SMARTS) is 1. The topological polar surface area (TPSA) is 68.5 Å². The molecule has 1 aromatic heterocycles. The smallest absolute Gasteiger partial charge is 0.337 e. The third kappa shape index (κ3) is 2.34. The predicted octanol–water partition coefficient (Wildman–Crippen LogP) is 1.90. The molecule has 1 heterocycles. The molecule has 0 atom stereocenters. The molecule has 1 N–H and O–H groups in total. The number of methoxy groups -OCH3 is 1. The largest absolute Gasteiger partial charge is 0.481 e. The van der Waals surface area contributed by atoms with Gasteiger partial charge in [-0.05, 0) is 24.3 Å². The van der Waals surface area contributed by atoms with Crippen molar-refractivity contribution in [1.82, 2.24) is 4.57 Å². The van der Waals surface area contributed by atoms with Crippen molar-refractivity contribution in [3.63, 3.8) is 0 Å². The van der Waals surface area contributed by atoms with Gasteiger partial charge in [0.05, 0.1) is 19.1 Å². The molecule has 0 amide bonds. The van der Waals surface area contributed by atoms with Crippen molar-refractivity contribution in [3.05, 3.63) is 36.0 Å². The standard InChI is InChI=1S/C13H13NO4/c1-18-13(17)10-2-3-11-9(8-10)4-6-14(11)7-5-12(15)16/h2-4,6,8H,5,7H2,1H3,(H,15,16). The van der Waals surface area contributed by atoms with E-state index in [1.54, 1.807) is 18.2 Å². The normalized spacial score (nSPS) is 10.5. The lowest BCUT2D eigenvalue weighted by atomic mass is 10.1. The molecule has 2 aromatic rings. The van der Waals surface area contributed by atoms with Gasteiger partial charge in [0.25, 0.3) is 0 Å². The molecule has 0 unspecified atom stereocenters. The maximum Gasteiger partial charge on any atom is 0.337 e. The van der Waals surface area contributed by atoms with Crippen molar-refractivity contribution in [2.75, 3.05) is 7.11 Å². The number of hydrogen-bond acceptors (Lipinski definition) is 3. The molecule has 0 fully saturated rings. The van der Waals surface area contributed by atoms with E-state index >= 15 is 0 Å². The fourth-order valence-corrected chi connectivity index (χ4v) is 1.86. The van der Waals surface area contributed by atoms with E-state index in [1.165, 1.54) is 7.11 Å². The van der Waals surface area contributed by atoms with Crippen LogP contribution in [0, 0.1) is 0 Å². The number of rotatable bonds is 4. The van der Waals surface area contributed by atoms with E-state index in [0.717, 1.165) is 10.9 Å². The van der Waals surface area contributed by atoms with Gasteiger partial charge in [0, 0.05) is 23.6 Å². The van der Waals surface area contributed by atoms with E-state index in [4.69, 9.17) is 5.11 Å². The van der Waals surface area contributed by atoms with E-state index in [9.17, 15) is 9.59 Å². The number of carboxylic acids is 1. The van der Waals surface area contributed by atoms with E-state index in [2.05, 4.69) is 4.74 Å². The lowest BCUT2D eigenvalue weighted by Crippen LogP contribution is -2.04. The van der Waals surface area contributed by atoms with Crippen LogP contribution in [0.1, 0.15) is 16.8 Å². The summed E-state index contributed by atoms with van der Waals surface area (Å²) in [5.74, 6) is -1.21. The average molecular weight is 247 g/mol. The summed E-state index contributed by atoms with van der Waals surface area (Å²) in [6, 6.07) is 7.05. The predicted molar refractivity (Wildman–Crippen MR) is 65.5 cm³/mol. The number of fused-ring (bicyclic) bond motifs is 1. The van der Waals surface area contributed by atoms with E-state index < -0.39 is 5.97 Å². The van der Waals surface area contributed by atoms with E-state index in [0.29, 0.717) is 12.1 Å². The van der Waals surface area contributed by atoms with Crippen LogP contribution in [0.5, 0.6) is 0 Å². The number of carbonyl (C=O) groups excluding carboxylic acids is 1. The highest BCUT2D eigenvalue weighted by atomic mass is 16.5. The summed E-state index contributed by atoms with van der Waals surface area (Å²) in [7, 11) is 1.34. The molecule has 0 aliphatic rings. The molecular formula is C13H13NO4. The Morgan fingerprint density at radius 3 is 2.78 bits per heavy atom. The van der Waals surface area contributed by atoms with Crippen molar-refractivity contribution >= 4 is 22.8 Å². The first-order valence-electron chi connectivity index (χ1n) is 5.51. The van der Waals surface area contributed by atoms with Crippen molar-refractivity contribution in [3.8, 4) is 0 Å². The number of carbonyl (C=O) groups is 2. The summed E-state index contributed by atoms with van der Waals surface area (Å²) >= 11 is 0. The Morgan fingerprint density at radius 2 is 2.11 bits per heavy atom. The summed E-state index contributed by atoms with van der Waals surface area (Å²) in [5.41, 5.74) is 1.39. The quantitative estimate of drug-likeness (QED) is 0.838. The third-order valence-corrected chi connectivity index (χ3v) is 2.76. The first-order chi connectivity index (χ1) is 8.61. The molecule has 5 nitrogen and oxygen atoms in total. The molecule has 0 saturated heterocycles. The number of esters is 1. The van der Waals surface area contributed by atoms with Gasteiger partial charge in [-0.25, -0.2) is 4.79 Å². The number of aromatic nitrogens is 1. The molecule has 0 spiro atoms. The van der Waals surface area contributed by atoms with Gasteiger partial charge in [-0.15, -0.1) is 0 Å². The summed E-state index contributed by atoms with van der Waals surface area (Å²) < 4.78 is 6.50. The maximum absolute atomic E-state index is 11.4. The molecule has 94 valence electrons. The number of nitrogens with zero attached hydrogens (tertiary/aromatic N) is 1.